The second kappa shape index (κ2) is 6.57. The van der Waals surface area contributed by atoms with Crippen molar-refractivity contribution in [3.63, 3.8) is 0 Å². The third kappa shape index (κ3) is 3.14. The minimum Gasteiger partial charge on any atom is -0.484 e. The Kier molecular flexibility index (Phi) is 4.10. The summed E-state index contributed by atoms with van der Waals surface area (Å²) < 4.78 is 19.0. The van der Waals surface area contributed by atoms with Gasteiger partial charge < -0.3 is 14.5 Å². The highest BCUT2D eigenvalue weighted by Crippen LogP contribution is 2.23. The third-order valence-electron chi connectivity index (χ3n) is 3.85. The standard InChI is InChI=1S/C18H13N3O4S/c1-10-7-17(23)25-15-8-11(5-6-12(10)15)24-9-16(22)19-13-3-2-4-14-18(13)21-26-20-14/h2-8H,9H2,1H3,(H,19,22). The van der Waals surface area contributed by atoms with Crippen LogP contribution in [0.15, 0.2) is 51.7 Å². The van der Waals surface area contributed by atoms with Crippen molar-refractivity contribution in [3.05, 3.63) is 58.4 Å². The molecule has 130 valence electrons. The molecule has 26 heavy (non-hydrogen) atoms. The quantitative estimate of drug-likeness (QED) is 0.557. The number of amides is 1. The molecule has 0 aliphatic carbocycles. The second-order valence-corrected chi connectivity index (χ2v) is 6.21. The molecule has 8 heteroatoms. The summed E-state index contributed by atoms with van der Waals surface area (Å²) in [5.74, 6) is 0.117. The van der Waals surface area contributed by atoms with Crippen molar-refractivity contribution in [3.8, 4) is 5.75 Å². The molecule has 0 bridgehead atoms. The lowest BCUT2D eigenvalue weighted by molar-refractivity contribution is -0.118. The number of fused-ring (bicyclic) bond motifs is 2. The molecule has 4 aromatic rings. The Morgan fingerprint density at radius 3 is 3.00 bits per heavy atom. The van der Waals surface area contributed by atoms with E-state index in [0.29, 0.717) is 22.5 Å². The number of rotatable bonds is 4. The maximum absolute atomic E-state index is 12.2. The molecular weight excluding hydrogens is 354 g/mol. The summed E-state index contributed by atoms with van der Waals surface area (Å²) in [6.45, 7) is 1.65. The van der Waals surface area contributed by atoms with E-state index in [2.05, 4.69) is 14.1 Å². The van der Waals surface area contributed by atoms with Gasteiger partial charge in [0.25, 0.3) is 5.91 Å². The predicted molar refractivity (Wildman–Crippen MR) is 98.8 cm³/mol. The number of nitrogens with zero attached hydrogens (tertiary/aromatic N) is 2. The van der Waals surface area contributed by atoms with Crippen molar-refractivity contribution in [2.45, 2.75) is 6.92 Å². The molecule has 2 aromatic carbocycles. The molecule has 0 fully saturated rings. The molecule has 4 rings (SSSR count). The van der Waals surface area contributed by atoms with Crippen molar-refractivity contribution in [2.24, 2.45) is 0 Å². The highest BCUT2D eigenvalue weighted by molar-refractivity contribution is 7.00. The van der Waals surface area contributed by atoms with Crippen molar-refractivity contribution >= 4 is 45.3 Å². The molecule has 0 unspecified atom stereocenters. The molecule has 0 aliphatic heterocycles. The summed E-state index contributed by atoms with van der Waals surface area (Å²) >= 11 is 1.09. The van der Waals surface area contributed by atoms with Gasteiger partial charge in [-0.25, -0.2) is 4.79 Å². The molecule has 0 aliphatic rings. The van der Waals surface area contributed by atoms with Gasteiger partial charge in [-0.1, -0.05) is 6.07 Å². The normalized spacial score (nSPS) is 11.0. The van der Waals surface area contributed by atoms with Crippen molar-refractivity contribution in [1.82, 2.24) is 8.75 Å². The van der Waals surface area contributed by atoms with E-state index in [-0.39, 0.29) is 12.5 Å². The number of nitrogens with one attached hydrogen (secondary N) is 1. The van der Waals surface area contributed by atoms with Crippen LogP contribution in [0.25, 0.3) is 22.0 Å². The van der Waals surface area contributed by atoms with Gasteiger partial charge in [-0.3, -0.25) is 4.79 Å². The summed E-state index contributed by atoms with van der Waals surface area (Å²) in [7, 11) is 0. The van der Waals surface area contributed by atoms with Crippen LogP contribution in [0.4, 0.5) is 5.69 Å². The Morgan fingerprint density at radius 1 is 1.23 bits per heavy atom. The van der Waals surface area contributed by atoms with Crippen molar-refractivity contribution < 1.29 is 13.9 Å². The van der Waals surface area contributed by atoms with Crippen LogP contribution in [0.5, 0.6) is 5.75 Å². The van der Waals surface area contributed by atoms with Crippen LogP contribution < -0.4 is 15.7 Å². The van der Waals surface area contributed by atoms with Crippen molar-refractivity contribution in [1.29, 1.82) is 0 Å². The third-order valence-corrected chi connectivity index (χ3v) is 4.40. The van der Waals surface area contributed by atoms with Crippen LogP contribution in [0.2, 0.25) is 0 Å². The van der Waals surface area contributed by atoms with Crippen molar-refractivity contribution in [2.75, 3.05) is 11.9 Å². The number of aryl methyl sites for hydroxylation is 1. The molecule has 1 amide bonds. The van der Waals surface area contributed by atoms with Gasteiger partial charge in [0.05, 0.1) is 17.4 Å². The molecule has 2 heterocycles. The van der Waals surface area contributed by atoms with Crippen LogP contribution in [-0.2, 0) is 4.79 Å². The molecule has 0 spiro atoms. The fourth-order valence-corrected chi connectivity index (χ4v) is 3.19. The summed E-state index contributed by atoms with van der Waals surface area (Å²) in [5.41, 5.74) is 2.79. The molecule has 0 saturated carbocycles. The highest BCUT2D eigenvalue weighted by Gasteiger charge is 2.10. The average Bonchev–Trinajstić information content (AvgIpc) is 3.09. The number of carbonyl (C=O) groups is 1. The van der Waals surface area contributed by atoms with Gasteiger partial charge in [0.1, 0.15) is 22.4 Å². The summed E-state index contributed by atoms with van der Waals surface area (Å²) in [5, 5.41) is 3.59. The lowest BCUT2D eigenvalue weighted by Gasteiger charge is -2.08. The molecule has 0 atom stereocenters. The molecular formula is C18H13N3O4S. The van der Waals surface area contributed by atoms with Crippen LogP contribution in [0, 0.1) is 6.92 Å². The molecule has 7 nitrogen and oxygen atoms in total. The van der Waals surface area contributed by atoms with Gasteiger partial charge in [-0.05, 0) is 36.8 Å². The topological polar surface area (TPSA) is 94.3 Å². The maximum Gasteiger partial charge on any atom is 0.336 e. The van der Waals surface area contributed by atoms with Gasteiger partial charge >= 0.3 is 5.63 Å². The smallest absolute Gasteiger partial charge is 0.336 e. The van der Waals surface area contributed by atoms with Gasteiger partial charge in [0.15, 0.2) is 6.61 Å². The maximum atomic E-state index is 12.2. The van der Waals surface area contributed by atoms with E-state index in [9.17, 15) is 9.59 Å². The van der Waals surface area contributed by atoms with E-state index in [1.54, 1.807) is 30.3 Å². The average molecular weight is 367 g/mol. The zero-order chi connectivity index (χ0) is 18.1. The van der Waals surface area contributed by atoms with E-state index in [0.717, 1.165) is 28.2 Å². The highest BCUT2D eigenvalue weighted by atomic mass is 32.1. The Morgan fingerprint density at radius 2 is 2.12 bits per heavy atom. The number of hydrogen-bond acceptors (Lipinski definition) is 7. The first-order chi connectivity index (χ1) is 12.6. The number of aromatic nitrogens is 2. The zero-order valence-electron chi connectivity index (χ0n) is 13.7. The summed E-state index contributed by atoms with van der Waals surface area (Å²) in [4.78, 5) is 23.7. The number of anilines is 1. The van der Waals surface area contributed by atoms with Crippen LogP contribution in [0.3, 0.4) is 0 Å². The first kappa shape index (κ1) is 16.2. The molecule has 2 aromatic heterocycles. The number of benzene rings is 2. The summed E-state index contributed by atoms with van der Waals surface area (Å²) in [6.07, 6.45) is 0. The van der Waals surface area contributed by atoms with E-state index >= 15 is 0 Å². The fraction of sp³-hybridized carbons (Fsp3) is 0.111. The van der Waals surface area contributed by atoms with Gasteiger partial charge in [-0.2, -0.15) is 8.75 Å². The number of carbonyl (C=O) groups excluding carboxylic acids is 1. The van der Waals surface area contributed by atoms with Gasteiger partial charge in [-0.15, -0.1) is 0 Å². The Labute approximate surface area is 151 Å². The lowest BCUT2D eigenvalue weighted by atomic mass is 10.1. The fourth-order valence-electron chi connectivity index (χ4n) is 2.64. The first-order valence-electron chi connectivity index (χ1n) is 7.78. The Hall–Kier alpha value is -3.26. The molecule has 0 saturated heterocycles. The SMILES string of the molecule is Cc1cc(=O)oc2cc(OCC(=O)Nc3cccc4nsnc34)ccc12. The monoisotopic (exact) mass is 367 g/mol. The molecule has 0 radical (unpaired) electrons. The number of hydrogen-bond donors (Lipinski definition) is 1. The second-order valence-electron chi connectivity index (χ2n) is 5.68. The zero-order valence-corrected chi connectivity index (χ0v) is 14.5. The van der Waals surface area contributed by atoms with Crippen LogP contribution in [-0.4, -0.2) is 21.3 Å². The Balaban J connectivity index is 1.48. The summed E-state index contributed by atoms with van der Waals surface area (Å²) in [6, 6.07) is 11.9. The number of ether oxygens (including phenoxy) is 1. The minimum atomic E-state index is -0.421. The minimum absolute atomic E-state index is 0.185. The van der Waals surface area contributed by atoms with Crippen LogP contribution >= 0.6 is 11.7 Å². The van der Waals surface area contributed by atoms with E-state index < -0.39 is 5.63 Å². The van der Waals surface area contributed by atoms with E-state index in [1.165, 1.54) is 6.07 Å². The first-order valence-corrected chi connectivity index (χ1v) is 8.51. The van der Waals surface area contributed by atoms with Gasteiger partial charge in [0.2, 0.25) is 0 Å². The van der Waals surface area contributed by atoms with E-state index in [4.69, 9.17) is 9.15 Å². The lowest BCUT2D eigenvalue weighted by Crippen LogP contribution is -2.20. The Bertz CT molecular complexity index is 1180. The molecule has 1 N–H and O–H groups in total. The van der Waals surface area contributed by atoms with Gasteiger partial charge in [0, 0.05) is 17.5 Å². The predicted octanol–water partition coefficient (Wildman–Crippen LogP) is 3.12. The largest absolute Gasteiger partial charge is 0.484 e. The van der Waals surface area contributed by atoms with Crippen LogP contribution in [0.1, 0.15) is 5.56 Å². The van der Waals surface area contributed by atoms with E-state index in [1.807, 2.05) is 13.0 Å².